The number of carbonyl (C=O) groups is 1. The zero-order valence-electron chi connectivity index (χ0n) is 18.5. The summed E-state index contributed by atoms with van der Waals surface area (Å²) in [5.41, 5.74) is 3.26. The second kappa shape index (κ2) is 9.25. The van der Waals surface area contributed by atoms with Crippen molar-refractivity contribution in [3.8, 4) is 17.1 Å². The summed E-state index contributed by atoms with van der Waals surface area (Å²) in [6.07, 6.45) is 4.72. The Morgan fingerprint density at radius 1 is 1.06 bits per heavy atom. The molecular formula is C23H22ClN7O2. The molecule has 0 atom stereocenters. The molecule has 33 heavy (non-hydrogen) atoms. The van der Waals surface area contributed by atoms with Crippen LogP contribution in [0.15, 0.2) is 49.1 Å². The Kier molecular flexibility index (Phi) is 6.23. The summed E-state index contributed by atoms with van der Waals surface area (Å²) < 4.78 is 7.29. The predicted molar refractivity (Wildman–Crippen MR) is 128 cm³/mol. The van der Waals surface area contributed by atoms with E-state index in [1.54, 1.807) is 37.4 Å². The summed E-state index contributed by atoms with van der Waals surface area (Å²) in [6.45, 7) is 3.38. The summed E-state index contributed by atoms with van der Waals surface area (Å²) in [6, 6.07) is 9.16. The molecule has 9 nitrogen and oxygen atoms in total. The molecule has 0 aliphatic heterocycles. The molecule has 4 aromatic rings. The van der Waals surface area contributed by atoms with E-state index in [-0.39, 0.29) is 5.78 Å². The summed E-state index contributed by atoms with van der Waals surface area (Å²) in [7, 11) is 3.37. The van der Waals surface area contributed by atoms with Gasteiger partial charge in [0.2, 0.25) is 0 Å². The first-order chi connectivity index (χ1) is 15.9. The molecule has 0 spiro atoms. The topological polar surface area (TPSA) is 107 Å². The quantitative estimate of drug-likeness (QED) is 0.371. The first-order valence-electron chi connectivity index (χ1n) is 10.1. The highest BCUT2D eigenvalue weighted by molar-refractivity contribution is 6.31. The van der Waals surface area contributed by atoms with Gasteiger partial charge in [0.15, 0.2) is 17.4 Å². The van der Waals surface area contributed by atoms with Crippen LogP contribution in [0.25, 0.3) is 11.4 Å². The fourth-order valence-electron chi connectivity index (χ4n) is 3.29. The smallest absolute Gasteiger partial charge is 0.184 e. The fraction of sp³-hybridized carbons (Fsp3) is 0.174. The standard InChI is InChI=1S/C23H22ClN7O2/c1-13-8-20(26-11-17(13)24)29-21-9-19(16(10-25-21)14(2)32)28-18-7-5-6-15(22(18)33-4)23-27-12-31(3)30-23/h5-12H,1-4H3,(H2,25,26,28,29). The molecule has 0 bridgehead atoms. The predicted octanol–water partition coefficient (Wildman–Crippen LogP) is 4.93. The van der Waals surface area contributed by atoms with Gasteiger partial charge in [0.25, 0.3) is 0 Å². The minimum Gasteiger partial charge on any atom is -0.494 e. The van der Waals surface area contributed by atoms with Crippen LogP contribution in [-0.4, -0.2) is 37.6 Å². The zero-order valence-corrected chi connectivity index (χ0v) is 19.3. The van der Waals surface area contributed by atoms with Gasteiger partial charge in [-0.1, -0.05) is 17.7 Å². The van der Waals surface area contributed by atoms with Crippen molar-refractivity contribution in [3.05, 3.63) is 65.2 Å². The van der Waals surface area contributed by atoms with E-state index in [1.807, 2.05) is 31.2 Å². The Hall–Kier alpha value is -3.98. The number of Topliss-reactive ketones (excluding diaryl/α,β-unsaturated/α-hetero) is 1. The van der Waals surface area contributed by atoms with Crippen molar-refractivity contribution in [1.82, 2.24) is 24.7 Å². The molecule has 0 saturated heterocycles. The molecular weight excluding hydrogens is 442 g/mol. The molecule has 0 saturated carbocycles. The maximum absolute atomic E-state index is 12.3. The van der Waals surface area contributed by atoms with Crippen LogP contribution in [0.5, 0.6) is 5.75 Å². The van der Waals surface area contributed by atoms with Crippen molar-refractivity contribution < 1.29 is 9.53 Å². The molecule has 0 unspecified atom stereocenters. The van der Waals surface area contributed by atoms with Crippen LogP contribution in [0, 0.1) is 6.92 Å². The van der Waals surface area contributed by atoms with Gasteiger partial charge in [-0.3, -0.25) is 9.48 Å². The van der Waals surface area contributed by atoms with Gasteiger partial charge in [0, 0.05) is 25.5 Å². The highest BCUT2D eigenvalue weighted by Crippen LogP contribution is 2.37. The van der Waals surface area contributed by atoms with Gasteiger partial charge in [0.05, 0.1) is 34.6 Å². The van der Waals surface area contributed by atoms with Gasteiger partial charge < -0.3 is 15.4 Å². The largest absolute Gasteiger partial charge is 0.494 e. The minimum absolute atomic E-state index is 0.126. The monoisotopic (exact) mass is 463 g/mol. The number of benzene rings is 1. The number of rotatable bonds is 7. The Balaban J connectivity index is 1.71. The van der Waals surface area contributed by atoms with Gasteiger partial charge in [-0.15, -0.1) is 0 Å². The number of carbonyl (C=O) groups excluding carboxylic acids is 1. The van der Waals surface area contributed by atoms with Crippen LogP contribution in [0.2, 0.25) is 5.02 Å². The number of halogens is 1. The van der Waals surface area contributed by atoms with Gasteiger partial charge in [-0.05, 0) is 37.6 Å². The van der Waals surface area contributed by atoms with Crippen LogP contribution in [0.4, 0.5) is 23.0 Å². The third-order valence-corrected chi connectivity index (χ3v) is 5.31. The Bertz CT molecular complexity index is 1340. The molecule has 168 valence electrons. The Morgan fingerprint density at radius 3 is 2.48 bits per heavy atom. The van der Waals surface area contributed by atoms with Crippen molar-refractivity contribution in [2.45, 2.75) is 13.8 Å². The van der Waals surface area contributed by atoms with Gasteiger partial charge in [0.1, 0.15) is 18.0 Å². The second-order valence-electron chi connectivity index (χ2n) is 7.37. The number of pyridine rings is 2. The van der Waals surface area contributed by atoms with E-state index in [0.717, 1.165) is 11.1 Å². The average Bonchev–Trinajstić information content (AvgIpc) is 3.22. The number of para-hydroxylation sites is 1. The fourth-order valence-corrected chi connectivity index (χ4v) is 3.39. The summed E-state index contributed by atoms with van der Waals surface area (Å²) in [5, 5.41) is 11.4. The number of anilines is 4. The van der Waals surface area contributed by atoms with E-state index in [4.69, 9.17) is 16.3 Å². The highest BCUT2D eigenvalue weighted by Gasteiger charge is 2.17. The summed E-state index contributed by atoms with van der Waals surface area (Å²) in [5.74, 6) is 2.06. The lowest BCUT2D eigenvalue weighted by Crippen LogP contribution is -2.05. The van der Waals surface area contributed by atoms with E-state index >= 15 is 0 Å². The second-order valence-corrected chi connectivity index (χ2v) is 7.78. The lowest BCUT2D eigenvalue weighted by atomic mass is 10.1. The Labute approximate surface area is 195 Å². The number of nitrogens with zero attached hydrogens (tertiary/aromatic N) is 5. The van der Waals surface area contributed by atoms with Crippen molar-refractivity contribution in [3.63, 3.8) is 0 Å². The molecule has 0 aliphatic rings. The molecule has 0 radical (unpaired) electrons. The number of methoxy groups -OCH3 is 1. The molecule has 1 aromatic carbocycles. The molecule has 2 N–H and O–H groups in total. The number of hydrogen-bond donors (Lipinski definition) is 2. The Morgan fingerprint density at radius 2 is 1.82 bits per heavy atom. The van der Waals surface area contributed by atoms with Crippen molar-refractivity contribution in [1.29, 1.82) is 0 Å². The molecule has 4 rings (SSSR count). The van der Waals surface area contributed by atoms with E-state index < -0.39 is 0 Å². The van der Waals surface area contributed by atoms with Crippen molar-refractivity contribution in [2.75, 3.05) is 17.7 Å². The third-order valence-electron chi connectivity index (χ3n) is 4.92. The van der Waals surface area contributed by atoms with E-state index in [1.165, 1.54) is 13.1 Å². The van der Waals surface area contributed by atoms with Crippen LogP contribution in [0.3, 0.4) is 0 Å². The first kappa shape index (κ1) is 22.2. The number of nitrogens with one attached hydrogen (secondary N) is 2. The molecule has 10 heteroatoms. The molecule has 3 heterocycles. The molecule has 0 aliphatic carbocycles. The van der Waals surface area contributed by atoms with Crippen LogP contribution in [0.1, 0.15) is 22.8 Å². The maximum Gasteiger partial charge on any atom is 0.184 e. The summed E-state index contributed by atoms with van der Waals surface area (Å²) in [4.78, 5) is 25.2. The SMILES string of the molecule is COc1c(Nc2cc(Nc3cc(C)c(Cl)cn3)ncc2C(C)=O)cccc1-c1ncn(C)n1. The number of aryl methyl sites for hydroxylation is 2. The van der Waals surface area contributed by atoms with Crippen LogP contribution >= 0.6 is 11.6 Å². The first-order valence-corrected chi connectivity index (χ1v) is 10.4. The lowest BCUT2D eigenvalue weighted by Gasteiger charge is -2.16. The normalized spacial score (nSPS) is 10.7. The molecule has 0 fully saturated rings. The lowest BCUT2D eigenvalue weighted by molar-refractivity contribution is 0.101. The number of hydrogen-bond acceptors (Lipinski definition) is 8. The van der Waals surface area contributed by atoms with E-state index in [2.05, 4.69) is 30.7 Å². The number of ether oxygens (including phenoxy) is 1. The highest BCUT2D eigenvalue weighted by atomic mass is 35.5. The van der Waals surface area contributed by atoms with Gasteiger partial charge >= 0.3 is 0 Å². The van der Waals surface area contributed by atoms with Crippen LogP contribution < -0.4 is 15.4 Å². The zero-order chi connectivity index (χ0) is 23.5. The van der Waals surface area contributed by atoms with Gasteiger partial charge in [-0.25, -0.2) is 15.0 Å². The summed E-state index contributed by atoms with van der Waals surface area (Å²) >= 11 is 6.07. The van der Waals surface area contributed by atoms with Crippen LogP contribution in [-0.2, 0) is 7.05 Å². The minimum atomic E-state index is -0.126. The average molecular weight is 464 g/mol. The molecule has 0 amide bonds. The number of ketones is 1. The third kappa shape index (κ3) is 4.78. The van der Waals surface area contributed by atoms with Crippen molar-refractivity contribution >= 4 is 40.4 Å². The molecule has 3 aromatic heterocycles. The van der Waals surface area contributed by atoms with Gasteiger partial charge in [-0.2, -0.15) is 5.10 Å². The maximum atomic E-state index is 12.3. The van der Waals surface area contributed by atoms with E-state index in [0.29, 0.717) is 45.2 Å². The number of aromatic nitrogens is 5. The van der Waals surface area contributed by atoms with Crippen molar-refractivity contribution in [2.24, 2.45) is 7.05 Å². The van der Waals surface area contributed by atoms with E-state index in [9.17, 15) is 4.79 Å².